The number of ketones is 1. The molecule has 36 heavy (non-hydrogen) atoms. The third-order valence-electron chi connectivity index (χ3n) is 8.66. The zero-order valence-electron chi connectivity index (χ0n) is 22.3. The van der Waals surface area contributed by atoms with Crippen molar-refractivity contribution in [3.05, 3.63) is 44.0 Å². The first-order chi connectivity index (χ1) is 17.0. The molecule has 4 aliphatic rings. The van der Waals surface area contributed by atoms with E-state index in [-0.39, 0.29) is 11.7 Å². The lowest BCUT2D eigenvalue weighted by Crippen LogP contribution is -2.46. The monoisotopic (exact) mass is 556 g/mol. The van der Waals surface area contributed by atoms with Crippen LogP contribution in [-0.4, -0.2) is 60.5 Å². The third-order valence-corrected chi connectivity index (χ3v) is 9.50. The molecule has 2 aliphatic heterocycles. The van der Waals surface area contributed by atoms with E-state index in [9.17, 15) is 9.59 Å². The molecule has 0 N–H and O–H groups in total. The summed E-state index contributed by atoms with van der Waals surface area (Å²) in [5, 5.41) is 0. The van der Waals surface area contributed by atoms with Crippen molar-refractivity contribution in [1.82, 2.24) is 9.80 Å². The molecule has 7 heteroatoms. The molecule has 1 fully saturated rings. The quantitative estimate of drug-likeness (QED) is 0.483. The van der Waals surface area contributed by atoms with Crippen LogP contribution in [0.4, 0.5) is 0 Å². The maximum Gasteiger partial charge on any atom is 0.254 e. The molecule has 1 aromatic rings. The number of rotatable bonds is 4. The standard InChI is InChI=1S/C29H37BrN2O4/c1-16-13-17(2)22(23(33)14-16)15-32-12-11-21-24(28(32)34)18(3)26-27(25(21)30)36-29(4,35-26)19-7-9-20(10-8-19)31(5)6/h13,19-20H,7-12,14-15H2,1-6H3. The van der Waals surface area contributed by atoms with Crippen LogP contribution in [0.5, 0.6) is 11.5 Å². The Morgan fingerprint density at radius 1 is 1.08 bits per heavy atom. The second-order valence-electron chi connectivity index (χ2n) is 11.4. The fourth-order valence-corrected chi connectivity index (χ4v) is 7.11. The predicted octanol–water partition coefficient (Wildman–Crippen LogP) is 5.60. The Morgan fingerprint density at radius 3 is 2.39 bits per heavy atom. The van der Waals surface area contributed by atoms with Gasteiger partial charge in [-0.1, -0.05) is 11.6 Å². The molecule has 194 valence electrons. The molecule has 0 aromatic heterocycles. The lowest BCUT2D eigenvalue weighted by Gasteiger charge is -2.39. The summed E-state index contributed by atoms with van der Waals surface area (Å²) >= 11 is 3.77. The molecule has 0 bridgehead atoms. The topological polar surface area (TPSA) is 59.1 Å². The van der Waals surface area contributed by atoms with E-state index >= 15 is 0 Å². The number of carbonyl (C=O) groups excluding carboxylic acids is 2. The Bertz CT molecular complexity index is 1190. The maximum absolute atomic E-state index is 13.8. The van der Waals surface area contributed by atoms with E-state index in [2.05, 4.69) is 41.0 Å². The molecule has 2 aliphatic carbocycles. The Morgan fingerprint density at radius 2 is 1.75 bits per heavy atom. The minimum atomic E-state index is -0.736. The Kier molecular flexibility index (Phi) is 6.61. The average Bonchev–Trinajstić information content (AvgIpc) is 3.20. The van der Waals surface area contributed by atoms with Crippen molar-refractivity contribution in [3.63, 3.8) is 0 Å². The van der Waals surface area contributed by atoms with Gasteiger partial charge in [-0.2, -0.15) is 0 Å². The molecule has 0 saturated heterocycles. The maximum atomic E-state index is 13.8. The van der Waals surface area contributed by atoms with Gasteiger partial charge in [-0.25, -0.2) is 0 Å². The van der Waals surface area contributed by atoms with Crippen LogP contribution < -0.4 is 9.47 Å². The largest absolute Gasteiger partial charge is 0.448 e. The highest BCUT2D eigenvalue weighted by atomic mass is 79.9. The Labute approximate surface area is 222 Å². The van der Waals surface area contributed by atoms with Crippen molar-refractivity contribution in [2.45, 2.75) is 78.0 Å². The lowest BCUT2D eigenvalue weighted by molar-refractivity contribution is -0.123. The summed E-state index contributed by atoms with van der Waals surface area (Å²) in [6.07, 6.45) is 7.56. The van der Waals surface area contributed by atoms with Crippen LogP contribution in [0.3, 0.4) is 0 Å². The first-order valence-electron chi connectivity index (χ1n) is 13.1. The van der Waals surface area contributed by atoms with Crippen molar-refractivity contribution in [1.29, 1.82) is 0 Å². The molecule has 2 heterocycles. The van der Waals surface area contributed by atoms with Crippen molar-refractivity contribution in [2.75, 3.05) is 27.2 Å². The number of hydrogen-bond acceptors (Lipinski definition) is 5. The molecular formula is C29H37BrN2O4. The van der Waals surface area contributed by atoms with Gasteiger partial charge in [-0.3, -0.25) is 9.59 Å². The molecule has 1 atom stereocenters. The van der Waals surface area contributed by atoms with Gasteiger partial charge in [-0.15, -0.1) is 0 Å². The van der Waals surface area contributed by atoms with Gasteiger partial charge >= 0.3 is 0 Å². The van der Waals surface area contributed by atoms with E-state index in [0.717, 1.165) is 63.8 Å². The van der Waals surface area contributed by atoms with Crippen LogP contribution in [0.15, 0.2) is 27.3 Å². The zero-order chi connectivity index (χ0) is 25.9. The average molecular weight is 558 g/mol. The number of Topliss-reactive ketones (excluding diaryl/α,β-unsaturated/α-hetero) is 1. The molecule has 0 spiro atoms. The summed E-state index contributed by atoms with van der Waals surface area (Å²) in [4.78, 5) is 30.6. The minimum Gasteiger partial charge on any atom is -0.448 e. The van der Waals surface area contributed by atoms with Gasteiger partial charge in [0, 0.05) is 49.5 Å². The summed E-state index contributed by atoms with van der Waals surface area (Å²) in [7, 11) is 4.30. The molecule has 6 nitrogen and oxygen atoms in total. The first kappa shape index (κ1) is 25.5. The van der Waals surface area contributed by atoms with E-state index in [1.807, 2.05) is 32.6 Å². The van der Waals surface area contributed by atoms with Crippen LogP contribution in [0.25, 0.3) is 0 Å². The van der Waals surface area contributed by atoms with Crippen molar-refractivity contribution < 1.29 is 19.1 Å². The second-order valence-corrected chi connectivity index (χ2v) is 12.2. The molecule has 0 radical (unpaired) electrons. The van der Waals surface area contributed by atoms with Gasteiger partial charge in [0.15, 0.2) is 17.3 Å². The van der Waals surface area contributed by atoms with E-state index in [4.69, 9.17) is 9.47 Å². The van der Waals surface area contributed by atoms with Crippen LogP contribution in [0, 0.1) is 12.8 Å². The van der Waals surface area contributed by atoms with Gasteiger partial charge < -0.3 is 19.3 Å². The van der Waals surface area contributed by atoms with E-state index < -0.39 is 5.79 Å². The number of halogens is 1. The molecule has 1 unspecified atom stereocenters. The van der Waals surface area contributed by atoms with Crippen molar-refractivity contribution >= 4 is 27.6 Å². The highest BCUT2D eigenvalue weighted by molar-refractivity contribution is 9.10. The number of benzene rings is 1. The third kappa shape index (κ3) is 4.22. The van der Waals surface area contributed by atoms with E-state index in [1.54, 1.807) is 0 Å². The smallest absolute Gasteiger partial charge is 0.254 e. The number of nitrogens with zero attached hydrogens (tertiary/aromatic N) is 2. The fourth-order valence-electron chi connectivity index (χ4n) is 6.45. The fraction of sp³-hybridized carbons (Fsp3) is 0.586. The van der Waals surface area contributed by atoms with Crippen molar-refractivity contribution in [2.24, 2.45) is 5.92 Å². The molecule has 1 saturated carbocycles. The van der Waals surface area contributed by atoms with Crippen LogP contribution in [-0.2, 0) is 11.2 Å². The normalized spacial score (nSPS) is 28.1. The molecular weight excluding hydrogens is 520 g/mol. The van der Waals surface area contributed by atoms with Gasteiger partial charge in [0.1, 0.15) is 0 Å². The number of hydrogen-bond donors (Lipinski definition) is 0. The summed E-state index contributed by atoms with van der Waals surface area (Å²) < 4.78 is 14.0. The number of ether oxygens (including phenoxy) is 2. The van der Waals surface area contributed by atoms with Crippen LogP contribution >= 0.6 is 15.9 Å². The van der Waals surface area contributed by atoms with Crippen LogP contribution in [0.2, 0.25) is 0 Å². The molecule has 5 rings (SSSR count). The lowest BCUT2D eigenvalue weighted by atomic mass is 9.81. The SMILES string of the molecule is CC1=CC(C)=C(CN2CCc3c(Br)c4c(c(C)c3C2=O)OC(C)(C2CCC(N(C)C)CC2)O4)C(=O)C1. The van der Waals surface area contributed by atoms with Gasteiger partial charge in [-0.05, 0) is 94.0 Å². The minimum absolute atomic E-state index is 0.0414. The Balaban J connectivity index is 1.41. The highest BCUT2D eigenvalue weighted by Gasteiger charge is 2.48. The first-order valence-corrected chi connectivity index (χ1v) is 13.9. The van der Waals surface area contributed by atoms with E-state index in [1.165, 1.54) is 0 Å². The van der Waals surface area contributed by atoms with Gasteiger partial charge in [0.25, 0.3) is 11.7 Å². The predicted molar refractivity (Wildman–Crippen MR) is 144 cm³/mol. The highest BCUT2D eigenvalue weighted by Crippen LogP contribution is 2.54. The van der Waals surface area contributed by atoms with E-state index in [0.29, 0.717) is 49.2 Å². The molecule has 1 amide bonds. The number of fused-ring (bicyclic) bond motifs is 2. The Hall–Kier alpha value is -2.12. The molecule has 1 aromatic carbocycles. The number of amides is 1. The second kappa shape index (κ2) is 9.32. The van der Waals surface area contributed by atoms with Crippen LogP contribution in [0.1, 0.15) is 74.4 Å². The zero-order valence-corrected chi connectivity index (χ0v) is 23.9. The van der Waals surface area contributed by atoms with Crippen molar-refractivity contribution in [3.8, 4) is 11.5 Å². The summed E-state index contributed by atoms with van der Waals surface area (Å²) in [6, 6.07) is 0.604. The number of carbonyl (C=O) groups is 2. The van der Waals surface area contributed by atoms with Gasteiger partial charge in [0.05, 0.1) is 10.0 Å². The number of allylic oxidation sites excluding steroid dienone is 3. The summed E-state index contributed by atoms with van der Waals surface area (Å²) in [5.74, 6) is 1.04. The summed E-state index contributed by atoms with van der Waals surface area (Å²) in [6.45, 7) is 8.88. The van der Waals surface area contributed by atoms with Gasteiger partial charge in [0.2, 0.25) is 0 Å². The summed E-state index contributed by atoms with van der Waals surface area (Å²) in [5.41, 5.74) is 5.28.